The Labute approximate surface area is 92.0 Å². The van der Waals surface area contributed by atoms with Crippen molar-refractivity contribution in [3.8, 4) is 0 Å². The van der Waals surface area contributed by atoms with Gasteiger partial charge in [-0.1, -0.05) is 20.8 Å². The third-order valence-electron chi connectivity index (χ3n) is 2.04. The number of hydrogen-bond acceptors (Lipinski definition) is 2. The zero-order valence-electron chi connectivity index (χ0n) is 9.03. The van der Waals surface area contributed by atoms with Gasteiger partial charge in [0.2, 0.25) is 0 Å². The average Bonchev–Trinajstić information content (AvgIpc) is 2.15. The van der Waals surface area contributed by atoms with Crippen LogP contribution in [0.4, 0.5) is 0 Å². The fourth-order valence-electron chi connectivity index (χ4n) is 1.24. The standard InChI is InChI=1S/C8H19ClN2O2S/c1-4-10(5-2)14(12,13)11(6-3)8-7-9/h4-8H2,1-3H3. The number of halogens is 1. The van der Waals surface area contributed by atoms with Crippen molar-refractivity contribution in [2.75, 3.05) is 32.1 Å². The van der Waals surface area contributed by atoms with Gasteiger partial charge in [0.25, 0.3) is 10.2 Å². The summed E-state index contributed by atoms with van der Waals surface area (Å²) < 4.78 is 26.6. The first kappa shape index (κ1) is 14.2. The lowest BCUT2D eigenvalue weighted by Gasteiger charge is -2.26. The van der Waals surface area contributed by atoms with Crippen molar-refractivity contribution in [3.63, 3.8) is 0 Å². The van der Waals surface area contributed by atoms with E-state index in [1.54, 1.807) is 0 Å². The molecule has 0 rings (SSSR count). The highest BCUT2D eigenvalue weighted by molar-refractivity contribution is 7.86. The zero-order chi connectivity index (χ0) is 11.2. The van der Waals surface area contributed by atoms with Crippen molar-refractivity contribution in [1.82, 2.24) is 8.61 Å². The lowest BCUT2D eigenvalue weighted by Crippen LogP contribution is -2.44. The topological polar surface area (TPSA) is 40.6 Å². The maximum atomic E-state index is 11.9. The summed E-state index contributed by atoms with van der Waals surface area (Å²) in [6.45, 7) is 7.30. The van der Waals surface area contributed by atoms with Gasteiger partial charge in [-0.2, -0.15) is 17.0 Å². The number of alkyl halides is 1. The third kappa shape index (κ3) is 3.38. The molecule has 0 aliphatic heterocycles. The van der Waals surface area contributed by atoms with Crippen LogP contribution < -0.4 is 0 Å². The molecule has 0 saturated heterocycles. The third-order valence-corrected chi connectivity index (χ3v) is 4.48. The molecule has 0 aliphatic rings. The van der Waals surface area contributed by atoms with Gasteiger partial charge >= 0.3 is 0 Å². The lowest BCUT2D eigenvalue weighted by atomic mass is 10.7. The first-order valence-corrected chi connectivity index (χ1v) is 6.78. The molecular formula is C8H19ClN2O2S. The summed E-state index contributed by atoms with van der Waals surface area (Å²) in [5.41, 5.74) is 0. The van der Waals surface area contributed by atoms with Gasteiger partial charge in [-0.15, -0.1) is 11.6 Å². The normalized spacial score (nSPS) is 12.7. The van der Waals surface area contributed by atoms with E-state index in [-0.39, 0.29) is 0 Å². The summed E-state index contributed by atoms with van der Waals surface area (Å²) in [4.78, 5) is 0. The highest BCUT2D eigenvalue weighted by atomic mass is 35.5. The fourth-order valence-corrected chi connectivity index (χ4v) is 3.18. The Morgan fingerprint density at radius 2 is 1.43 bits per heavy atom. The van der Waals surface area contributed by atoms with E-state index < -0.39 is 10.2 Å². The number of nitrogens with zero attached hydrogens (tertiary/aromatic N) is 2. The van der Waals surface area contributed by atoms with E-state index in [0.29, 0.717) is 32.1 Å². The minimum Gasteiger partial charge on any atom is -0.195 e. The van der Waals surface area contributed by atoms with Crippen LogP contribution in [0.3, 0.4) is 0 Å². The van der Waals surface area contributed by atoms with Crippen molar-refractivity contribution in [3.05, 3.63) is 0 Å². The van der Waals surface area contributed by atoms with Gasteiger partial charge in [0.15, 0.2) is 0 Å². The molecule has 0 bridgehead atoms. The monoisotopic (exact) mass is 242 g/mol. The van der Waals surface area contributed by atoms with Crippen molar-refractivity contribution in [1.29, 1.82) is 0 Å². The summed E-state index contributed by atoms with van der Waals surface area (Å²) in [7, 11) is -3.29. The summed E-state index contributed by atoms with van der Waals surface area (Å²) >= 11 is 5.55. The molecule has 0 N–H and O–H groups in total. The first-order valence-electron chi connectivity index (χ1n) is 4.85. The second-order valence-corrected chi connectivity index (χ2v) is 5.08. The van der Waals surface area contributed by atoms with Crippen LogP contribution in [0, 0.1) is 0 Å². The molecule has 0 atom stereocenters. The quantitative estimate of drug-likeness (QED) is 0.628. The van der Waals surface area contributed by atoms with Crippen LogP contribution in [0.15, 0.2) is 0 Å². The highest BCUT2D eigenvalue weighted by Gasteiger charge is 2.25. The predicted octanol–water partition coefficient (Wildman–Crippen LogP) is 1.13. The van der Waals surface area contributed by atoms with Gasteiger partial charge < -0.3 is 0 Å². The van der Waals surface area contributed by atoms with E-state index in [0.717, 1.165) is 0 Å². The van der Waals surface area contributed by atoms with E-state index >= 15 is 0 Å². The molecule has 0 spiro atoms. The Morgan fingerprint density at radius 3 is 1.71 bits per heavy atom. The molecule has 0 aromatic heterocycles. The second kappa shape index (κ2) is 6.61. The maximum Gasteiger partial charge on any atom is 0.281 e. The van der Waals surface area contributed by atoms with E-state index in [1.807, 2.05) is 20.8 Å². The van der Waals surface area contributed by atoms with Gasteiger partial charge in [-0.25, -0.2) is 0 Å². The molecule has 0 aromatic rings. The lowest BCUT2D eigenvalue weighted by molar-refractivity contribution is 0.365. The Morgan fingerprint density at radius 1 is 1.00 bits per heavy atom. The van der Waals surface area contributed by atoms with E-state index in [9.17, 15) is 8.42 Å². The van der Waals surface area contributed by atoms with Crippen molar-refractivity contribution < 1.29 is 8.42 Å². The van der Waals surface area contributed by atoms with Gasteiger partial charge in [0.1, 0.15) is 0 Å². The predicted molar refractivity (Wildman–Crippen MR) is 59.8 cm³/mol. The molecule has 0 saturated carbocycles. The molecule has 0 unspecified atom stereocenters. The van der Waals surface area contributed by atoms with E-state index in [1.165, 1.54) is 8.61 Å². The van der Waals surface area contributed by atoms with Gasteiger partial charge in [-0.05, 0) is 0 Å². The largest absolute Gasteiger partial charge is 0.281 e. The highest BCUT2D eigenvalue weighted by Crippen LogP contribution is 2.07. The summed E-state index contributed by atoms with van der Waals surface area (Å²) in [5, 5.41) is 0. The summed E-state index contributed by atoms with van der Waals surface area (Å²) in [6, 6.07) is 0. The molecule has 6 heteroatoms. The Balaban J connectivity index is 4.71. The molecule has 86 valence electrons. The van der Waals surface area contributed by atoms with E-state index in [2.05, 4.69) is 0 Å². The molecule has 0 radical (unpaired) electrons. The fraction of sp³-hybridized carbons (Fsp3) is 1.00. The smallest absolute Gasteiger partial charge is 0.195 e. The van der Waals surface area contributed by atoms with Crippen LogP contribution in [0.2, 0.25) is 0 Å². The molecule has 14 heavy (non-hydrogen) atoms. The molecule has 0 heterocycles. The van der Waals surface area contributed by atoms with E-state index in [4.69, 9.17) is 11.6 Å². The molecule has 0 aliphatic carbocycles. The Hall–Kier alpha value is 0.160. The SMILES string of the molecule is CCN(CC)S(=O)(=O)N(CC)CCCl. The van der Waals surface area contributed by atoms with Gasteiger partial charge in [0.05, 0.1) is 0 Å². The van der Waals surface area contributed by atoms with Crippen LogP contribution in [0.1, 0.15) is 20.8 Å². The zero-order valence-corrected chi connectivity index (χ0v) is 10.6. The molecule has 0 aromatic carbocycles. The Bertz CT molecular complexity index is 240. The molecular weight excluding hydrogens is 224 g/mol. The van der Waals surface area contributed by atoms with Crippen molar-refractivity contribution in [2.24, 2.45) is 0 Å². The molecule has 0 amide bonds. The second-order valence-electron chi connectivity index (χ2n) is 2.77. The molecule has 4 nitrogen and oxygen atoms in total. The number of rotatable bonds is 7. The number of hydrogen-bond donors (Lipinski definition) is 0. The van der Waals surface area contributed by atoms with Crippen LogP contribution in [-0.4, -0.2) is 49.1 Å². The Kier molecular flexibility index (Phi) is 6.68. The summed E-state index contributed by atoms with van der Waals surface area (Å²) in [6.07, 6.45) is 0. The summed E-state index contributed by atoms with van der Waals surface area (Å²) in [5.74, 6) is 0.328. The van der Waals surface area contributed by atoms with Gasteiger partial charge in [0, 0.05) is 32.1 Å². The van der Waals surface area contributed by atoms with Crippen LogP contribution in [0.5, 0.6) is 0 Å². The van der Waals surface area contributed by atoms with Crippen LogP contribution in [0.25, 0.3) is 0 Å². The minimum absolute atomic E-state index is 0.328. The van der Waals surface area contributed by atoms with Crippen molar-refractivity contribution in [2.45, 2.75) is 20.8 Å². The molecule has 0 fully saturated rings. The van der Waals surface area contributed by atoms with Gasteiger partial charge in [-0.3, -0.25) is 0 Å². The minimum atomic E-state index is -3.29. The van der Waals surface area contributed by atoms with Crippen LogP contribution >= 0.6 is 11.6 Å². The average molecular weight is 243 g/mol. The van der Waals surface area contributed by atoms with Crippen molar-refractivity contribution >= 4 is 21.8 Å². The maximum absolute atomic E-state index is 11.9. The van der Waals surface area contributed by atoms with Crippen LogP contribution in [-0.2, 0) is 10.2 Å². The first-order chi connectivity index (χ1) is 6.54.